The Morgan fingerprint density at radius 2 is 1.90 bits per heavy atom. The van der Waals surface area contributed by atoms with Crippen molar-refractivity contribution in [1.82, 2.24) is 4.90 Å². The predicted molar refractivity (Wildman–Crippen MR) is 86.7 cm³/mol. The third-order valence-corrected chi connectivity index (χ3v) is 4.68. The molecule has 1 saturated heterocycles. The van der Waals surface area contributed by atoms with Gasteiger partial charge in [0.2, 0.25) is 0 Å². The fourth-order valence-electron chi connectivity index (χ4n) is 3.14. The van der Waals surface area contributed by atoms with E-state index < -0.39 is 0 Å². The molecule has 20 heavy (non-hydrogen) atoms. The van der Waals surface area contributed by atoms with E-state index in [1.54, 1.807) is 7.11 Å². The highest BCUT2D eigenvalue weighted by atomic mass is 79.9. The quantitative estimate of drug-likeness (QED) is 0.894. The minimum absolute atomic E-state index is 0.134. The molecule has 0 saturated carbocycles. The Hall–Kier alpha value is -0.420. The summed E-state index contributed by atoms with van der Waals surface area (Å²) in [5, 5.41) is 0. The Morgan fingerprint density at radius 1 is 1.30 bits per heavy atom. The highest BCUT2D eigenvalue weighted by molar-refractivity contribution is 9.10. The van der Waals surface area contributed by atoms with E-state index in [1.165, 1.54) is 18.4 Å². The second kappa shape index (κ2) is 7.55. The van der Waals surface area contributed by atoms with E-state index in [-0.39, 0.29) is 6.04 Å². The first-order chi connectivity index (χ1) is 9.61. The molecule has 1 aliphatic heterocycles. The maximum Gasteiger partial charge on any atom is 0.0496 e. The number of hydrogen-bond donors (Lipinski definition) is 1. The van der Waals surface area contributed by atoms with Gasteiger partial charge in [0, 0.05) is 30.3 Å². The van der Waals surface area contributed by atoms with Crippen molar-refractivity contribution >= 4 is 15.9 Å². The zero-order chi connectivity index (χ0) is 14.5. The van der Waals surface area contributed by atoms with Crippen molar-refractivity contribution in [3.63, 3.8) is 0 Å². The van der Waals surface area contributed by atoms with Crippen LogP contribution in [0.25, 0.3) is 0 Å². The second-order valence-corrected chi connectivity index (χ2v) is 6.71. The molecular formula is C16H25BrN2O. The Kier molecular flexibility index (Phi) is 6.02. The number of rotatable bonds is 5. The predicted octanol–water partition coefficient (Wildman–Crippen LogP) is 3.20. The summed E-state index contributed by atoms with van der Waals surface area (Å²) < 4.78 is 6.39. The van der Waals surface area contributed by atoms with Crippen LogP contribution in [-0.2, 0) is 4.74 Å². The van der Waals surface area contributed by atoms with Crippen LogP contribution in [0.15, 0.2) is 28.7 Å². The van der Waals surface area contributed by atoms with Crippen molar-refractivity contribution in [3.05, 3.63) is 34.3 Å². The molecule has 2 rings (SSSR count). The normalized spacial score (nSPS) is 20.8. The van der Waals surface area contributed by atoms with Crippen LogP contribution < -0.4 is 5.73 Å². The molecule has 0 amide bonds. The summed E-state index contributed by atoms with van der Waals surface area (Å²) in [5.74, 6) is 0.704. The first kappa shape index (κ1) is 16.0. The van der Waals surface area contributed by atoms with Gasteiger partial charge < -0.3 is 10.5 Å². The molecular weight excluding hydrogens is 316 g/mol. The van der Waals surface area contributed by atoms with Crippen LogP contribution in [0.1, 0.15) is 31.4 Å². The third-order valence-electron chi connectivity index (χ3n) is 4.15. The summed E-state index contributed by atoms with van der Waals surface area (Å²) in [6, 6.07) is 9.01. The van der Waals surface area contributed by atoms with Crippen molar-refractivity contribution in [2.24, 2.45) is 11.7 Å². The van der Waals surface area contributed by atoms with Crippen LogP contribution in [0.4, 0.5) is 0 Å². The number of piperidine rings is 1. The van der Waals surface area contributed by atoms with Gasteiger partial charge in [0.05, 0.1) is 0 Å². The van der Waals surface area contributed by atoms with Crippen LogP contribution >= 0.6 is 15.9 Å². The van der Waals surface area contributed by atoms with Crippen LogP contribution in [0, 0.1) is 5.92 Å². The van der Waals surface area contributed by atoms with E-state index in [0.717, 1.165) is 24.2 Å². The van der Waals surface area contributed by atoms with E-state index in [2.05, 4.69) is 52.0 Å². The van der Waals surface area contributed by atoms with Gasteiger partial charge in [0.25, 0.3) is 0 Å². The van der Waals surface area contributed by atoms with Crippen LogP contribution in [0.3, 0.4) is 0 Å². The van der Waals surface area contributed by atoms with Gasteiger partial charge in [0.1, 0.15) is 0 Å². The van der Waals surface area contributed by atoms with E-state index >= 15 is 0 Å². The molecule has 0 bridgehead atoms. The average Bonchev–Trinajstić information content (AvgIpc) is 2.43. The van der Waals surface area contributed by atoms with Gasteiger partial charge in [-0.15, -0.1) is 0 Å². The summed E-state index contributed by atoms with van der Waals surface area (Å²) in [5.41, 5.74) is 7.57. The largest absolute Gasteiger partial charge is 0.384 e. The molecule has 0 radical (unpaired) electrons. The summed E-state index contributed by atoms with van der Waals surface area (Å²) in [6.45, 7) is 5.20. The third kappa shape index (κ3) is 4.04. The number of nitrogens with zero attached hydrogens (tertiary/aromatic N) is 1. The molecule has 0 aliphatic carbocycles. The minimum atomic E-state index is 0.134. The highest BCUT2D eigenvalue weighted by Gasteiger charge is 2.28. The highest BCUT2D eigenvalue weighted by Crippen LogP contribution is 2.29. The minimum Gasteiger partial charge on any atom is -0.384 e. The Labute approximate surface area is 130 Å². The molecule has 112 valence electrons. The molecule has 2 N–H and O–H groups in total. The van der Waals surface area contributed by atoms with E-state index in [9.17, 15) is 0 Å². The second-order valence-electron chi connectivity index (χ2n) is 5.79. The zero-order valence-electron chi connectivity index (χ0n) is 12.4. The zero-order valence-corrected chi connectivity index (χ0v) is 14.0. The summed E-state index contributed by atoms with van der Waals surface area (Å²) in [7, 11) is 1.79. The van der Waals surface area contributed by atoms with E-state index in [4.69, 9.17) is 10.5 Å². The molecule has 1 aromatic carbocycles. The molecule has 1 aliphatic rings. The number of ether oxygens (including phenoxy) is 1. The Balaban J connectivity index is 2.05. The Bertz CT molecular complexity index is 399. The van der Waals surface area contributed by atoms with E-state index in [0.29, 0.717) is 12.0 Å². The monoisotopic (exact) mass is 340 g/mol. The van der Waals surface area contributed by atoms with Gasteiger partial charge in [-0.25, -0.2) is 0 Å². The van der Waals surface area contributed by atoms with Gasteiger partial charge in [-0.05, 0) is 56.5 Å². The maximum absolute atomic E-state index is 6.25. The lowest BCUT2D eigenvalue weighted by molar-refractivity contribution is 0.0736. The van der Waals surface area contributed by atoms with Crippen molar-refractivity contribution in [2.45, 2.75) is 31.8 Å². The molecule has 2 atom stereocenters. The summed E-state index contributed by atoms with van der Waals surface area (Å²) in [6.07, 6.45) is 2.40. The van der Waals surface area contributed by atoms with Crippen LogP contribution in [0.5, 0.6) is 0 Å². The lowest BCUT2D eigenvalue weighted by Gasteiger charge is -2.39. The van der Waals surface area contributed by atoms with Crippen molar-refractivity contribution < 1.29 is 4.74 Å². The topological polar surface area (TPSA) is 38.5 Å². The van der Waals surface area contributed by atoms with Crippen molar-refractivity contribution in [1.29, 1.82) is 0 Å². The SMILES string of the molecule is COCC1CCN(C(c2ccc(Br)cc2)C(C)N)CC1. The summed E-state index contributed by atoms with van der Waals surface area (Å²) >= 11 is 3.49. The van der Waals surface area contributed by atoms with E-state index in [1.807, 2.05) is 0 Å². The molecule has 0 aromatic heterocycles. The lowest BCUT2D eigenvalue weighted by atomic mass is 9.92. The number of methoxy groups -OCH3 is 1. The molecule has 4 heteroatoms. The number of likely N-dealkylation sites (tertiary alicyclic amines) is 1. The molecule has 1 heterocycles. The van der Waals surface area contributed by atoms with Gasteiger partial charge in [-0.3, -0.25) is 4.90 Å². The molecule has 3 nitrogen and oxygen atoms in total. The maximum atomic E-state index is 6.25. The van der Waals surface area contributed by atoms with Gasteiger partial charge in [-0.2, -0.15) is 0 Å². The first-order valence-electron chi connectivity index (χ1n) is 7.36. The smallest absolute Gasteiger partial charge is 0.0496 e. The fourth-order valence-corrected chi connectivity index (χ4v) is 3.40. The molecule has 0 spiro atoms. The lowest BCUT2D eigenvalue weighted by Crippen LogP contribution is -2.44. The average molecular weight is 341 g/mol. The molecule has 1 fully saturated rings. The van der Waals surface area contributed by atoms with Gasteiger partial charge in [0.15, 0.2) is 0 Å². The van der Waals surface area contributed by atoms with Gasteiger partial charge in [-0.1, -0.05) is 28.1 Å². The van der Waals surface area contributed by atoms with Crippen molar-refractivity contribution in [2.75, 3.05) is 26.8 Å². The summed E-state index contributed by atoms with van der Waals surface area (Å²) in [4.78, 5) is 2.53. The van der Waals surface area contributed by atoms with Crippen molar-refractivity contribution in [3.8, 4) is 0 Å². The Morgan fingerprint density at radius 3 is 2.40 bits per heavy atom. The number of nitrogens with two attached hydrogens (primary N) is 1. The number of halogens is 1. The van der Waals surface area contributed by atoms with Gasteiger partial charge >= 0.3 is 0 Å². The van der Waals surface area contributed by atoms with Crippen LogP contribution in [0.2, 0.25) is 0 Å². The fraction of sp³-hybridized carbons (Fsp3) is 0.625. The first-order valence-corrected chi connectivity index (χ1v) is 8.15. The number of benzene rings is 1. The standard InChI is InChI=1S/C16H25BrN2O/c1-12(18)16(14-3-5-15(17)6-4-14)19-9-7-13(8-10-19)11-20-2/h3-6,12-13,16H,7-11,18H2,1-2H3. The van der Waals surface area contributed by atoms with Crippen LogP contribution in [-0.4, -0.2) is 37.7 Å². The molecule has 2 unspecified atom stereocenters. The molecule has 1 aromatic rings. The number of hydrogen-bond acceptors (Lipinski definition) is 3.